The minimum absolute atomic E-state index is 0.0663. The molecule has 0 aliphatic heterocycles. The van der Waals surface area contributed by atoms with Crippen LogP contribution in [0.1, 0.15) is 22.8 Å². The molecule has 4 heteroatoms. The van der Waals surface area contributed by atoms with Gasteiger partial charge in [-0.05, 0) is 37.6 Å². The lowest BCUT2D eigenvalue weighted by molar-refractivity contribution is 0.0993. The van der Waals surface area contributed by atoms with Gasteiger partial charge < -0.3 is 10.2 Å². The number of benzene rings is 1. The monoisotopic (exact) mass is 269 g/mol. The first-order valence-corrected chi connectivity index (χ1v) is 6.67. The largest absolute Gasteiger partial charge is 0.370 e. The summed E-state index contributed by atoms with van der Waals surface area (Å²) in [6, 6.07) is 11.4. The van der Waals surface area contributed by atoms with Crippen molar-refractivity contribution in [2.75, 3.05) is 23.8 Å². The second-order valence-electron chi connectivity index (χ2n) is 4.58. The third kappa shape index (κ3) is 2.79. The Labute approximate surface area is 119 Å². The van der Waals surface area contributed by atoms with Crippen molar-refractivity contribution in [1.29, 1.82) is 0 Å². The first-order valence-electron chi connectivity index (χ1n) is 6.67. The zero-order valence-electron chi connectivity index (χ0n) is 12.1. The van der Waals surface area contributed by atoms with Crippen molar-refractivity contribution in [1.82, 2.24) is 4.98 Å². The van der Waals surface area contributed by atoms with Gasteiger partial charge in [0.1, 0.15) is 5.82 Å². The molecule has 0 aliphatic carbocycles. The third-order valence-electron chi connectivity index (χ3n) is 3.16. The number of anilines is 2. The quantitative estimate of drug-likeness (QED) is 0.927. The summed E-state index contributed by atoms with van der Waals surface area (Å²) < 4.78 is 0. The van der Waals surface area contributed by atoms with E-state index in [0.717, 1.165) is 17.8 Å². The van der Waals surface area contributed by atoms with Crippen LogP contribution in [0, 0.1) is 6.92 Å². The van der Waals surface area contributed by atoms with Crippen molar-refractivity contribution in [3.63, 3.8) is 0 Å². The molecule has 1 aromatic carbocycles. The lowest BCUT2D eigenvalue weighted by Crippen LogP contribution is -2.28. The number of rotatable bonds is 4. The average Bonchev–Trinajstić information content (AvgIpc) is 2.47. The minimum atomic E-state index is -0.0663. The number of carbonyl (C=O) groups excluding carboxylic acids is 1. The first kappa shape index (κ1) is 14.1. The normalized spacial score (nSPS) is 10.2. The number of para-hydroxylation sites is 1. The number of aromatic nitrogens is 1. The van der Waals surface area contributed by atoms with Crippen LogP contribution in [0.4, 0.5) is 11.5 Å². The molecular weight excluding hydrogens is 250 g/mol. The van der Waals surface area contributed by atoms with Crippen molar-refractivity contribution >= 4 is 17.4 Å². The van der Waals surface area contributed by atoms with Crippen molar-refractivity contribution in [3.05, 3.63) is 53.7 Å². The highest BCUT2D eigenvalue weighted by atomic mass is 16.2. The molecule has 0 fully saturated rings. The minimum Gasteiger partial charge on any atom is -0.370 e. The summed E-state index contributed by atoms with van der Waals surface area (Å²) in [5.41, 5.74) is 2.56. The van der Waals surface area contributed by atoms with Gasteiger partial charge in [0.15, 0.2) is 0 Å². The highest BCUT2D eigenvalue weighted by Gasteiger charge is 2.18. The molecule has 4 nitrogen and oxygen atoms in total. The Morgan fingerprint density at radius 3 is 2.70 bits per heavy atom. The van der Waals surface area contributed by atoms with E-state index in [-0.39, 0.29) is 5.91 Å². The zero-order valence-corrected chi connectivity index (χ0v) is 12.1. The summed E-state index contributed by atoms with van der Waals surface area (Å²) in [5, 5.41) is 3.12. The number of aryl methyl sites for hydroxylation is 1. The van der Waals surface area contributed by atoms with Crippen LogP contribution in [0.15, 0.2) is 42.6 Å². The number of carbonyl (C=O) groups is 1. The maximum Gasteiger partial charge on any atom is 0.261 e. The molecule has 1 N–H and O–H groups in total. The van der Waals surface area contributed by atoms with Crippen LogP contribution in [-0.4, -0.2) is 24.5 Å². The van der Waals surface area contributed by atoms with E-state index in [1.54, 1.807) is 30.3 Å². The molecule has 0 saturated heterocycles. The number of hydrogen-bond acceptors (Lipinski definition) is 3. The van der Waals surface area contributed by atoms with Gasteiger partial charge in [0.2, 0.25) is 0 Å². The van der Waals surface area contributed by atoms with Crippen molar-refractivity contribution in [2.24, 2.45) is 0 Å². The summed E-state index contributed by atoms with van der Waals surface area (Å²) >= 11 is 0. The van der Waals surface area contributed by atoms with Gasteiger partial charge in [0, 0.05) is 25.5 Å². The van der Waals surface area contributed by atoms with Gasteiger partial charge in [0.25, 0.3) is 5.91 Å². The molecule has 0 spiro atoms. The topological polar surface area (TPSA) is 45.2 Å². The Kier molecular flexibility index (Phi) is 4.35. The number of nitrogens with zero attached hydrogens (tertiary/aromatic N) is 2. The summed E-state index contributed by atoms with van der Waals surface area (Å²) in [4.78, 5) is 18.5. The van der Waals surface area contributed by atoms with Gasteiger partial charge in [-0.3, -0.25) is 4.79 Å². The van der Waals surface area contributed by atoms with Crippen LogP contribution in [0.2, 0.25) is 0 Å². The molecule has 0 unspecified atom stereocenters. The van der Waals surface area contributed by atoms with E-state index in [1.165, 1.54) is 0 Å². The summed E-state index contributed by atoms with van der Waals surface area (Å²) in [6.45, 7) is 4.70. The van der Waals surface area contributed by atoms with E-state index in [4.69, 9.17) is 0 Å². The average molecular weight is 269 g/mol. The number of pyridine rings is 1. The zero-order chi connectivity index (χ0) is 14.5. The Hall–Kier alpha value is -2.36. The van der Waals surface area contributed by atoms with E-state index in [9.17, 15) is 4.79 Å². The molecule has 1 heterocycles. The standard InChI is InChI=1S/C16H19N3O/c1-4-17-15-13(9-7-11-18-15)16(20)19(3)14-10-6-5-8-12(14)2/h5-11H,4H2,1-3H3,(H,17,18). The van der Waals surface area contributed by atoms with E-state index in [1.807, 2.05) is 38.1 Å². The van der Waals surface area contributed by atoms with Gasteiger partial charge in [-0.2, -0.15) is 0 Å². The Balaban J connectivity index is 2.34. The van der Waals surface area contributed by atoms with Crippen LogP contribution in [-0.2, 0) is 0 Å². The molecule has 0 radical (unpaired) electrons. The SMILES string of the molecule is CCNc1ncccc1C(=O)N(C)c1ccccc1C. The summed E-state index contributed by atoms with van der Waals surface area (Å²) in [6.07, 6.45) is 1.68. The van der Waals surface area contributed by atoms with Gasteiger partial charge in [-0.1, -0.05) is 18.2 Å². The van der Waals surface area contributed by atoms with E-state index in [2.05, 4.69) is 10.3 Å². The number of hydrogen-bond donors (Lipinski definition) is 1. The molecular formula is C16H19N3O. The van der Waals surface area contributed by atoms with Gasteiger partial charge in [0.05, 0.1) is 5.56 Å². The van der Waals surface area contributed by atoms with Crippen LogP contribution in [0.3, 0.4) is 0 Å². The Bertz CT molecular complexity index is 610. The first-order chi connectivity index (χ1) is 9.65. The molecule has 104 valence electrons. The van der Waals surface area contributed by atoms with Crippen molar-refractivity contribution < 1.29 is 4.79 Å². The van der Waals surface area contributed by atoms with Crippen molar-refractivity contribution in [2.45, 2.75) is 13.8 Å². The van der Waals surface area contributed by atoms with Crippen LogP contribution in [0.25, 0.3) is 0 Å². The number of nitrogens with one attached hydrogen (secondary N) is 1. The molecule has 2 aromatic rings. The molecule has 1 amide bonds. The van der Waals surface area contributed by atoms with Crippen LogP contribution < -0.4 is 10.2 Å². The highest BCUT2D eigenvalue weighted by Crippen LogP contribution is 2.22. The van der Waals surface area contributed by atoms with Crippen LogP contribution >= 0.6 is 0 Å². The van der Waals surface area contributed by atoms with Gasteiger partial charge >= 0.3 is 0 Å². The maximum atomic E-state index is 12.6. The van der Waals surface area contributed by atoms with Crippen LogP contribution in [0.5, 0.6) is 0 Å². The number of amides is 1. The second-order valence-corrected chi connectivity index (χ2v) is 4.58. The summed E-state index contributed by atoms with van der Waals surface area (Å²) in [7, 11) is 1.79. The lowest BCUT2D eigenvalue weighted by Gasteiger charge is -2.20. The fraction of sp³-hybridized carbons (Fsp3) is 0.250. The summed E-state index contributed by atoms with van der Waals surface area (Å²) in [5.74, 6) is 0.559. The molecule has 1 aromatic heterocycles. The predicted molar refractivity (Wildman–Crippen MR) is 82.3 cm³/mol. The lowest BCUT2D eigenvalue weighted by atomic mass is 10.1. The van der Waals surface area contributed by atoms with E-state index < -0.39 is 0 Å². The molecule has 0 aliphatic rings. The molecule has 0 bridgehead atoms. The smallest absolute Gasteiger partial charge is 0.261 e. The highest BCUT2D eigenvalue weighted by molar-refractivity contribution is 6.09. The molecule has 0 atom stereocenters. The predicted octanol–water partition coefficient (Wildman–Crippen LogP) is 3.10. The molecule has 2 rings (SSSR count). The molecule has 0 saturated carbocycles. The van der Waals surface area contributed by atoms with E-state index in [0.29, 0.717) is 11.4 Å². The van der Waals surface area contributed by atoms with Gasteiger partial charge in [-0.25, -0.2) is 4.98 Å². The second kappa shape index (κ2) is 6.19. The Morgan fingerprint density at radius 2 is 2.00 bits per heavy atom. The molecule has 20 heavy (non-hydrogen) atoms. The van der Waals surface area contributed by atoms with Crippen molar-refractivity contribution in [3.8, 4) is 0 Å². The Morgan fingerprint density at radius 1 is 1.25 bits per heavy atom. The fourth-order valence-electron chi connectivity index (χ4n) is 2.12. The maximum absolute atomic E-state index is 12.6. The van der Waals surface area contributed by atoms with Gasteiger partial charge in [-0.15, -0.1) is 0 Å². The third-order valence-corrected chi connectivity index (χ3v) is 3.16. The fourth-order valence-corrected chi connectivity index (χ4v) is 2.12. The van der Waals surface area contributed by atoms with E-state index >= 15 is 0 Å².